The van der Waals surface area contributed by atoms with Gasteiger partial charge in [0.05, 0.1) is 10.4 Å². The molecule has 0 saturated heterocycles. The number of hydrogen-bond acceptors (Lipinski definition) is 2. The van der Waals surface area contributed by atoms with Crippen LogP contribution in [0.2, 0.25) is 0 Å². The lowest BCUT2D eigenvalue weighted by Crippen LogP contribution is -2.10. The molecular weight excluding hydrogens is 671 g/mol. The largest absolute Gasteiger partial charge is 0.309 e. The second-order valence-electron chi connectivity index (χ2n) is 13.7. The van der Waals surface area contributed by atoms with Gasteiger partial charge in [0.25, 0.3) is 0 Å². The maximum atomic E-state index is 2.43. The highest BCUT2D eigenvalue weighted by molar-refractivity contribution is 7.26. The minimum atomic E-state index is 1.12. The molecule has 0 aliphatic rings. The number of thiophene rings is 1. The standard InChI is InChI=1S/C52H35NS/c1-2-12-36(13-3-1)37-26-28-38(29-27-37)39-30-32-44(33-31-39)53(50-24-11-23-49-48-21-6-7-25-51(48)54-52(49)50)45-19-9-17-42(35-45)41-16-8-18-43(34-41)47-22-10-15-40-14-4-5-20-46(40)47/h1-35H. The van der Waals surface area contributed by atoms with Crippen LogP contribution in [-0.4, -0.2) is 0 Å². The van der Waals surface area contributed by atoms with Crippen LogP contribution in [0.1, 0.15) is 0 Å². The Kier molecular flexibility index (Phi) is 8.09. The molecule has 10 rings (SSSR count). The van der Waals surface area contributed by atoms with Crippen molar-refractivity contribution in [2.45, 2.75) is 0 Å². The Balaban J connectivity index is 1.07. The van der Waals surface area contributed by atoms with Crippen molar-refractivity contribution in [3.05, 3.63) is 212 Å². The lowest BCUT2D eigenvalue weighted by atomic mass is 9.95. The van der Waals surface area contributed by atoms with Crippen LogP contribution < -0.4 is 4.90 Å². The van der Waals surface area contributed by atoms with E-state index in [4.69, 9.17) is 0 Å². The third-order valence-electron chi connectivity index (χ3n) is 10.5. The number of rotatable bonds is 7. The summed E-state index contributed by atoms with van der Waals surface area (Å²) >= 11 is 1.86. The van der Waals surface area contributed by atoms with Crippen LogP contribution in [0.4, 0.5) is 17.1 Å². The van der Waals surface area contributed by atoms with E-state index in [-0.39, 0.29) is 0 Å². The second kappa shape index (κ2) is 13.7. The molecule has 0 saturated carbocycles. The molecule has 1 heterocycles. The molecule has 0 atom stereocenters. The van der Waals surface area contributed by atoms with Crippen molar-refractivity contribution >= 4 is 59.3 Å². The topological polar surface area (TPSA) is 3.24 Å². The Morgan fingerprint density at radius 2 is 0.852 bits per heavy atom. The number of fused-ring (bicyclic) bond motifs is 4. The lowest BCUT2D eigenvalue weighted by Gasteiger charge is -2.27. The van der Waals surface area contributed by atoms with E-state index in [0.717, 1.165) is 11.4 Å². The van der Waals surface area contributed by atoms with E-state index in [0.29, 0.717) is 0 Å². The predicted octanol–water partition coefficient (Wildman–Crippen LogP) is 15.3. The van der Waals surface area contributed by atoms with Gasteiger partial charge in [-0.15, -0.1) is 11.3 Å². The van der Waals surface area contributed by atoms with Crippen molar-refractivity contribution in [1.82, 2.24) is 0 Å². The lowest BCUT2D eigenvalue weighted by molar-refractivity contribution is 1.30. The van der Waals surface area contributed by atoms with E-state index in [1.807, 2.05) is 11.3 Å². The minimum Gasteiger partial charge on any atom is -0.309 e. The van der Waals surface area contributed by atoms with Gasteiger partial charge in [-0.3, -0.25) is 0 Å². The van der Waals surface area contributed by atoms with Gasteiger partial charge in [0.15, 0.2) is 0 Å². The van der Waals surface area contributed by atoms with E-state index in [2.05, 4.69) is 217 Å². The second-order valence-corrected chi connectivity index (χ2v) is 14.8. The van der Waals surface area contributed by atoms with Gasteiger partial charge in [-0.1, -0.05) is 170 Å². The highest BCUT2D eigenvalue weighted by atomic mass is 32.1. The normalized spacial score (nSPS) is 11.3. The Morgan fingerprint density at radius 3 is 1.65 bits per heavy atom. The van der Waals surface area contributed by atoms with Crippen LogP contribution in [0.3, 0.4) is 0 Å². The van der Waals surface area contributed by atoms with Gasteiger partial charge in [0.1, 0.15) is 0 Å². The van der Waals surface area contributed by atoms with Crippen molar-refractivity contribution in [1.29, 1.82) is 0 Å². The molecular formula is C52H35NS. The molecule has 0 unspecified atom stereocenters. The quantitative estimate of drug-likeness (QED) is 0.160. The summed E-state index contributed by atoms with van der Waals surface area (Å²) in [6.45, 7) is 0. The summed E-state index contributed by atoms with van der Waals surface area (Å²) in [6, 6.07) is 77.1. The van der Waals surface area contributed by atoms with E-state index in [1.54, 1.807) is 0 Å². The first-order valence-electron chi connectivity index (χ1n) is 18.4. The molecule has 10 aromatic rings. The van der Waals surface area contributed by atoms with Crippen molar-refractivity contribution in [3.63, 3.8) is 0 Å². The van der Waals surface area contributed by atoms with E-state index in [9.17, 15) is 0 Å². The predicted molar refractivity (Wildman–Crippen MR) is 233 cm³/mol. The SMILES string of the molecule is c1ccc(-c2ccc(-c3ccc(N(c4cccc(-c5cccc(-c6cccc7ccccc67)c5)c4)c4cccc5c4sc4ccccc45)cc3)cc2)cc1. The first kappa shape index (κ1) is 32.0. The van der Waals surface area contributed by atoms with Crippen LogP contribution in [0.15, 0.2) is 212 Å². The molecule has 2 heteroatoms. The molecule has 0 fully saturated rings. The van der Waals surface area contributed by atoms with Gasteiger partial charge in [-0.2, -0.15) is 0 Å². The van der Waals surface area contributed by atoms with Gasteiger partial charge < -0.3 is 4.90 Å². The van der Waals surface area contributed by atoms with Crippen molar-refractivity contribution in [2.24, 2.45) is 0 Å². The fraction of sp³-hybridized carbons (Fsp3) is 0. The fourth-order valence-electron chi connectivity index (χ4n) is 7.79. The van der Waals surface area contributed by atoms with Crippen LogP contribution in [0.5, 0.6) is 0 Å². The van der Waals surface area contributed by atoms with Crippen molar-refractivity contribution in [2.75, 3.05) is 4.90 Å². The van der Waals surface area contributed by atoms with Gasteiger partial charge in [0, 0.05) is 26.8 Å². The highest BCUT2D eigenvalue weighted by Crippen LogP contribution is 2.45. The average Bonchev–Trinajstić information content (AvgIpc) is 3.64. The third-order valence-corrected chi connectivity index (χ3v) is 11.7. The fourth-order valence-corrected chi connectivity index (χ4v) is 9.00. The maximum absolute atomic E-state index is 2.43. The molecule has 0 bridgehead atoms. The number of nitrogens with zero attached hydrogens (tertiary/aromatic N) is 1. The number of anilines is 3. The highest BCUT2D eigenvalue weighted by Gasteiger charge is 2.19. The molecule has 0 amide bonds. The first-order chi connectivity index (χ1) is 26.8. The Bertz CT molecular complexity index is 2920. The van der Waals surface area contributed by atoms with E-state index >= 15 is 0 Å². The van der Waals surface area contributed by atoms with Gasteiger partial charge >= 0.3 is 0 Å². The van der Waals surface area contributed by atoms with Gasteiger partial charge in [-0.05, 0) is 97.7 Å². The number of benzene rings is 9. The molecule has 0 spiro atoms. The van der Waals surface area contributed by atoms with Crippen molar-refractivity contribution < 1.29 is 0 Å². The molecule has 9 aromatic carbocycles. The zero-order valence-electron chi connectivity index (χ0n) is 29.6. The average molecular weight is 706 g/mol. The molecule has 0 radical (unpaired) electrons. The minimum absolute atomic E-state index is 1.12. The summed E-state index contributed by atoms with van der Waals surface area (Å²) < 4.78 is 2.58. The summed E-state index contributed by atoms with van der Waals surface area (Å²) in [5.74, 6) is 0. The Labute approximate surface area is 319 Å². The zero-order chi connectivity index (χ0) is 35.8. The molecule has 0 N–H and O–H groups in total. The summed E-state index contributed by atoms with van der Waals surface area (Å²) in [5, 5.41) is 5.10. The van der Waals surface area contributed by atoms with Crippen LogP contribution in [0.25, 0.3) is 75.5 Å². The summed E-state index contributed by atoms with van der Waals surface area (Å²) in [7, 11) is 0. The van der Waals surface area contributed by atoms with E-state index in [1.165, 1.54) is 81.1 Å². The summed E-state index contributed by atoms with van der Waals surface area (Å²) in [4.78, 5) is 2.43. The monoisotopic (exact) mass is 705 g/mol. The van der Waals surface area contributed by atoms with Crippen LogP contribution in [-0.2, 0) is 0 Å². The summed E-state index contributed by atoms with van der Waals surface area (Å²) in [6.07, 6.45) is 0. The molecule has 0 aliphatic carbocycles. The molecule has 0 aliphatic heterocycles. The van der Waals surface area contributed by atoms with E-state index < -0.39 is 0 Å². The molecule has 1 aromatic heterocycles. The van der Waals surface area contributed by atoms with Crippen LogP contribution >= 0.6 is 11.3 Å². The smallest absolute Gasteiger partial charge is 0.0640 e. The Hall–Kier alpha value is -6.74. The molecule has 254 valence electrons. The zero-order valence-corrected chi connectivity index (χ0v) is 30.4. The third kappa shape index (κ3) is 5.84. The van der Waals surface area contributed by atoms with Crippen molar-refractivity contribution in [3.8, 4) is 44.5 Å². The maximum Gasteiger partial charge on any atom is 0.0640 e. The Morgan fingerprint density at radius 1 is 0.315 bits per heavy atom. The first-order valence-corrected chi connectivity index (χ1v) is 19.2. The van der Waals surface area contributed by atoms with Gasteiger partial charge in [0.2, 0.25) is 0 Å². The van der Waals surface area contributed by atoms with Gasteiger partial charge in [-0.25, -0.2) is 0 Å². The summed E-state index contributed by atoms with van der Waals surface area (Å²) in [5.41, 5.74) is 13.1. The van der Waals surface area contributed by atoms with Crippen LogP contribution in [0, 0.1) is 0 Å². The number of hydrogen-bond donors (Lipinski definition) is 0. The molecule has 1 nitrogen and oxygen atoms in total. The molecule has 54 heavy (non-hydrogen) atoms.